The standard InChI is InChI=1S/C51H58N4O2/c1-3-5-7-9-10-11-12-13-14-21-34-54-50(56)41-27-22-26-40-47(32-30-42(49(40)41)51(54)57)55-48(36-44(52-55)37-23-16-15-17-24-37)38-29-31-46-43(35-38)39-25-18-19-28-45(39)53(46)33-20-8-6-4-2/h15-19,22-32,35,48H,3-14,20-21,33-34,36H2,1-2H3. The van der Waals surface area contributed by atoms with Gasteiger partial charge in [0.25, 0.3) is 11.8 Å². The van der Waals surface area contributed by atoms with Gasteiger partial charge in [-0.05, 0) is 60.4 Å². The summed E-state index contributed by atoms with van der Waals surface area (Å²) in [5.41, 5.74) is 7.99. The lowest BCUT2D eigenvalue weighted by Gasteiger charge is -2.30. The molecule has 57 heavy (non-hydrogen) atoms. The average molecular weight is 759 g/mol. The van der Waals surface area contributed by atoms with E-state index in [1.165, 1.54) is 103 Å². The molecule has 2 aliphatic rings. The molecule has 6 aromatic rings. The van der Waals surface area contributed by atoms with Crippen molar-refractivity contribution in [3.05, 3.63) is 125 Å². The molecule has 2 amide bonds. The molecule has 0 saturated heterocycles. The predicted octanol–water partition coefficient (Wildman–Crippen LogP) is 13.4. The van der Waals surface area contributed by atoms with E-state index in [9.17, 15) is 9.59 Å². The molecule has 1 unspecified atom stereocenters. The number of para-hydroxylation sites is 1. The van der Waals surface area contributed by atoms with E-state index in [2.05, 4.69) is 102 Å². The summed E-state index contributed by atoms with van der Waals surface area (Å²) in [5.74, 6) is -0.372. The zero-order valence-electron chi connectivity index (χ0n) is 34.0. The van der Waals surface area contributed by atoms with Gasteiger partial charge in [-0.15, -0.1) is 0 Å². The number of hydrogen-bond donors (Lipinski definition) is 0. The molecule has 1 aromatic heterocycles. The first-order valence-corrected chi connectivity index (χ1v) is 21.9. The van der Waals surface area contributed by atoms with Gasteiger partial charge in [-0.3, -0.25) is 19.5 Å². The number of amides is 2. The van der Waals surface area contributed by atoms with Crippen LogP contribution in [-0.2, 0) is 6.54 Å². The Kier molecular flexibility index (Phi) is 12.1. The van der Waals surface area contributed by atoms with E-state index in [0.717, 1.165) is 60.0 Å². The molecule has 3 heterocycles. The van der Waals surface area contributed by atoms with Gasteiger partial charge in [-0.1, -0.05) is 158 Å². The number of benzene rings is 5. The second kappa shape index (κ2) is 17.9. The number of fused-ring (bicyclic) bond motifs is 3. The fraction of sp³-hybridized carbons (Fsp3) is 0.392. The third-order valence-electron chi connectivity index (χ3n) is 12.4. The van der Waals surface area contributed by atoms with Crippen molar-refractivity contribution in [3.8, 4) is 0 Å². The molecule has 6 nitrogen and oxygen atoms in total. The molecule has 2 aliphatic heterocycles. The molecule has 5 aromatic carbocycles. The van der Waals surface area contributed by atoms with Crippen LogP contribution in [0.15, 0.2) is 108 Å². The summed E-state index contributed by atoms with van der Waals surface area (Å²) >= 11 is 0. The SMILES string of the molecule is CCCCCCCCCCCCN1C(=O)c2cccc3c(N4N=C(c5ccccc5)CC4c4ccc5c(c4)c4ccccc4n5CCCCCC)ccc(c23)C1=O. The molecule has 0 bridgehead atoms. The van der Waals surface area contributed by atoms with Gasteiger partial charge in [0, 0.05) is 63.2 Å². The Hall–Kier alpha value is -5.23. The number of aromatic nitrogens is 1. The summed E-state index contributed by atoms with van der Waals surface area (Å²) in [4.78, 5) is 29.6. The van der Waals surface area contributed by atoms with E-state index in [4.69, 9.17) is 5.10 Å². The summed E-state index contributed by atoms with van der Waals surface area (Å²) in [5, 5.41) is 11.7. The van der Waals surface area contributed by atoms with Crippen LogP contribution in [-0.4, -0.2) is 33.5 Å². The fourth-order valence-electron chi connectivity index (χ4n) is 9.30. The van der Waals surface area contributed by atoms with Crippen molar-refractivity contribution in [1.82, 2.24) is 9.47 Å². The Morgan fingerprint density at radius 3 is 1.93 bits per heavy atom. The van der Waals surface area contributed by atoms with Crippen LogP contribution in [0.5, 0.6) is 0 Å². The fourth-order valence-corrected chi connectivity index (χ4v) is 9.30. The lowest BCUT2D eigenvalue weighted by Crippen LogP contribution is -2.41. The second-order valence-electron chi connectivity index (χ2n) is 16.3. The number of nitrogens with zero attached hydrogens (tertiary/aromatic N) is 4. The highest BCUT2D eigenvalue weighted by molar-refractivity contribution is 6.27. The molecule has 0 fully saturated rings. The monoisotopic (exact) mass is 758 g/mol. The third-order valence-corrected chi connectivity index (χ3v) is 12.4. The molecule has 0 saturated carbocycles. The molecule has 0 N–H and O–H groups in total. The predicted molar refractivity (Wildman–Crippen MR) is 238 cm³/mol. The molecule has 0 radical (unpaired) electrons. The van der Waals surface area contributed by atoms with Crippen LogP contribution in [0.1, 0.15) is 148 Å². The second-order valence-corrected chi connectivity index (χ2v) is 16.3. The Morgan fingerprint density at radius 1 is 0.561 bits per heavy atom. The first-order valence-electron chi connectivity index (χ1n) is 21.9. The highest BCUT2D eigenvalue weighted by atomic mass is 16.2. The van der Waals surface area contributed by atoms with Gasteiger partial charge < -0.3 is 4.57 Å². The van der Waals surface area contributed by atoms with Gasteiger partial charge in [0.1, 0.15) is 0 Å². The van der Waals surface area contributed by atoms with Crippen LogP contribution in [0.25, 0.3) is 32.6 Å². The number of hydrazone groups is 1. The Labute approximate surface area is 338 Å². The van der Waals surface area contributed by atoms with E-state index >= 15 is 0 Å². The van der Waals surface area contributed by atoms with Crippen LogP contribution in [0.4, 0.5) is 5.69 Å². The summed E-state index contributed by atoms with van der Waals surface area (Å²) < 4.78 is 2.50. The van der Waals surface area contributed by atoms with Crippen molar-refractivity contribution in [1.29, 1.82) is 0 Å². The van der Waals surface area contributed by atoms with E-state index in [0.29, 0.717) is 17.7 Å². The van der Waals surface area contributed by atoms with Crippen LogP contribution < -0.4 is 5.01 Å². The van der Waals surface area contributed by atoms with Crippen LogP contribution in [0.3, 0.4) is 0 Å². The van der Waals surface area contributed by atoms with Gasteiger partial charge in [-0.25, -0.2) is 0 Å². The maximum Gasteiger partial charge on any atom is 0.261 e. The van der Waals surface area contributed by atoms with Crippen LogP contribution in [0, 0.1) is 0 Å². The molecule has 1 atom stereocenters. The normalized spacial score (nSPS) is 15.5. The zero-order chi connectivity index (χ0) is 39.1. The first-order chi connectivity index (χ1) is 28.1. The summed E-state index contributed by atoms with van der Waals surface area (Å²) in [6, 6.07) is 36.0. The maximum absolute atomic E-state index is 14.1. The lowest BCUT2D eigenvalue weighted by molar-refractivity contribution is 0.0607. The molecule has 0 spiro atoms. The third kappa shape index (κ3) is 7.88. The number of aryl methyl sites for hydroxylation is 1. The smallest absolute Gasteiger partial charge is 0.261 e. The average Bonchev–Trinajstić information content (AvgIpc) is 3.83. The van der Waals surface area contributed by atoms with Crippen molar-refractivity contribution in [2.24, 2.45) is 5.10 Å². The molecular formula is C51H58N4O2. The maximum atomic E-state index is 14.1. The molecule has 294 valence electrons. The highest BCUT2D eigenvalue weighted by Crippen LogP contribution is 2.44. The van der Waals surface area contributed by atoms with Gasteiger partial charge >= 0.3 is 0 Å². The van der Waals surface area contributed by atoms with Crippen molar-refractivity contribution in [2.45, 2.75) is 123 Å². The van der Waals surface area contributed by atoms with Crippen molar-refractivity contribution in [3.63, 3.8) is 0 Å². The molecular weight excluding hydrogens is 701 g/mol. The van der Waals surface area contributed by atoms with Gasteiger partial charge in [0.05, 0.1) is 17.4 Å². The zero-order valence-corrected chi connectivity index (χ0v) is 34.0. The molecule has 0 aliphatic carbocycles. The van der Waals surface area contributed by atoms with Gasteiger partial charge in [0.2, 0.25) is 0 Å². The number of carbonyl (C=O) groups is 2. The minimum Gasteiger partial charge on any atom is -0.340 e. The number of imide groups is 1. The van der Waals surface area contributed by atoms with E-state index in [-0.39, 0.29) is 17.9 Å². The summed E-state index contributed by atoms with van der Waals surface area (Å²) in [7, 11) is 0. The Morgan fingerprint density at radius 2 is 1.18 bits per heavy atom. The van der Waals surface area contributed by atoms with Crippen molar-refractivity contribution >= 4 is 55.8 Å². The minimum atomic E-state index is -0.186. The van der Waals surface area contributed by atoms with Crippen molar-refractivity contribution in [2.75, 3.05) is 11.6 Å². The molecule has 6 heteroatoms. The van der Waals surface area contributed by atoms with Crippen LogP contribution in [0.2, 0.25) is 0 Å². The Balaban J connectivity index is 1.09. The summed E-state index contributed by atoms with van der Waals surface area (Å²) in [6.07, 6.45) is 17.7. The first kappa shape index (κ1) is 38.6. The quantitative estimate of drug-likeness (QED) is 0.0610. The number of anilines is 1. The highest BCUT2D eigenvalue weighted by Gasteiger charge is 2.36. The van der Waals surface area contributed by atoms with Crippen LogP contribution >= 0.6 is 0 Å². The molecule has 8 rings (SSSR count). The minimum absolute atomic E-state index is 0.0730. The lowest BCUT2D eigenvalue weighted by atomic mass is 9.91. The largest absolute Gasteiger partial charge is 0.340 e. The number of rotatable bonds is 19. The van der Waals surface area contributed by atoms with E-state index in [1.807, 2.05) is 24.3 Å². The van der Waals surface area contributed by atoms with Crippen molar-refractivity contribution < 1.29 is 9.59 Å². The van der Waals surface area contributed by atoms with Gasteiger partial charge in [-0.2, -0.15) is 5.10 Å². The number of carbonyl (C=O) groups excluding carboxylic acids is 2. The van der Waals surface area contributed by atoms with Gasteiger partial charge in [0.15, 0.2) is 0 Å². The Bertz CT molecular complexity index is 2370. The summed E-state index contributed by atoms with van der Waals surface area (Å²) in [6.45, 7) is 5.99. The topological polar surface area (TPSA) is 57.9 Å². The number of unbranched alkanes of at least 4 members (excludes halogenated alkanes) is 12. The van der Waals surface area contributed by atoms with E-state index in [1.54, 1.807) is 0 Å². The number of hydrogen-bond acceptors (Lipinski definition) is 4. The van der Waals surface area contributed by atoms with E-state index < -0.39 is 0 Å².